The van der Waals surface area contributed by atoms with Gasteiger partial charge in [-0.3, -0.25) is 0 Å². The molecule has 1 unspecified atom stereocenters. The second kappa shape index (κ2) is 7.69. The van der Waals surface area contributed by atoms with Crippen LogP contribution in [0.25, 0.3) is 0 Å². The molecule has 0 aromatic heterocycles. The highest BCUT2D eigenvalue weighted by molar-refractivity contribution is 7.98. The van der Waals surface area contributed by atoms with Gasteiger partial charge in [0.1, 0.15) is 0 Å². The van der Waals surface area contributed by atoms with Crippen molar-refractivity contribution in [2.75, 3.05) is 12.9 Å². The Kier molecular flexibility index (Phi) is 5.91. The highest BCUT2D eigenvalue weighted by Crippen LogP contribution is 2.26. The molecule has 2 N–H and O–H groups in total. The first kappa shape index (κ1) is 16.1. The van der Waals surface area contributed by atoms with Crippen LogP contribution in [0.5, 0.6) is 5.75 Å². The van der Waals surface area contributed by atoms with Crippen molar-refractivity contribution in [3.63, 3.8) is 0 Å². The molecule has 2 aromatic rings. The highest BCUT2D eigenvalue weighted by Gasteiger charge is 2.10. The van der Waals surface area contributed by atoms with E-state index in [4.69, 9.17) is 22.1 Å². The van der Waals surface area contributed by atoms with Gasteiger partial charge in [0.25, 0.3) is 0 Å². The smallest absolute Gasteiger partial charge is 0.165 e. The molecule has 112 valence electrons. The minimum atomic E-state index is -0.387. The lowest BCUT2D eigenvalue weighted by Crippen LogP contribution is -2.13. The van der Waals surface area contributed by atoms with Gasteiger partial charge in [-0.25, -0.2) is 4.39 Å². The van der Waals surface area contributed by atoms with Crippen molar-refractivity contribution in [3.05, 3.63) is 64.4 Å². The van der Waals surface area contributed by atoms with Gasteiger partial charge >= 0.3 is 0 Å². The molecule has 0 aliphatic carbocycles. The summed E-state index contributed by atoms with van der Waals surface area (Å²) in [7, 11) is 1.44. The number of nitrogens with two attached hydrogens (primary N) is 1. The molecule has 0 aliphatic rings. The van der Waals surface area contributed by atoms with Crippen molar-refractivity contribution in [3.8, 4) is 5.75 Å². The Hall–Kier alpha value is -1.23. The van der Waals surface area contributed by atoms with E-state index in [9.17, 15) is 4.39 Å². The average Bonchev–Trinajstić information content (AvgIpc) is 2.49. The number of rotatable bonds is 6. The summed E-state index contributed by atoms with van der Waals surface area (Å²) in [4.78, 5) is 0. The fourth-order valence-corrected chi connectivity index (χ4v) is 3.24. The lowest BCUT2D eigenvalue weighted by molar-refractivity contribution is 0.386. The summed E-state index contributed by atoms with van der Waals surface area (Å²) in [6.07, 6.45) is 0. The summed E-state index contributed by atoms with van der Waals surface area (Å²) in [6.45, 7) is 0. The topological polar surface area (TPSA) is 35.2 Å². The first-order valence-corrected chi connectivity index (χ1v) is 8.05. The van der Waals surface area contributed by atoms with Gasteiger partial charge in [0, 0.05) is 22.6 Å². The number of benzene rings is 2. The number of hydrogen-bond acceptors (Lipinski definition) is 3. The molecular weight excluding hydrogens is 309 g/mol. The maximum absolute atomic E-state index is 13.6. The van der Waals surface area contributed by atoms with Crippen LogP contribution in [0.3, 0.4) is 0 Å². The van der Waals surface area contributed by atoms with Gasteiger partial charge in [0.2, 0.25) is 0 Å². The van der Waals surface area contributed by atoms with Crippen LogP contribution in [0.1, 0.15) is 17.2 Å². The number of hydrogen-bond donors (Lipinski definition) is 1. The molecule has 1 atom stereocenters. The zero-order valence-electron chi connectivity index (χ0n) is 11.7. The van der Waals surface area contributed by atoms with Gasteiger partial charge in [0.15, 0.2) is 11.6 Å². The van der Waals surface area contributed by atoms with E-state index in [2.05, 4.69) is 0 Å². The Morgan fingerprint density at radius 3 is 2.71 bits per heavy atom. The Morgan fingerprint density at radius 2 is 2.05 bits per heavy atom. The number of methoxy groups -OCH3 is 1. The van der Waals surface area contributed by atoms with Crippen LogP contribution in [0, 0.1) is 5.82 Å². The largest absolute Gasteiger partial charge is 0.494 e. The minimum absolute atomic E-state index is 0.224. The van der Waals surface area contributed by atoms with Crippen LogP contribution < -0.4 is 10.5 Å². The number of thioether (sulfide) groups is 1. The van der Waals surface area contributed by atoms with E-state index in [0.29, 0.717) is 5.75 Å². The van der Waals surface area contributed by atoms with E-state index in [1.807, 2.05) is 24.3 Å². The molecular formula is C16H17ClFNOS. The summed E-state index contributed by atoms with van der Waals surface area (Å²) in [5.74, 6) is 1.32. The molecule has 0 heterocycles. The van der Waals surface area contributed by atoms with Crippen LogP contribution in [0.4, 0.5) is 4.39 Å². The molecule has 2 rings (SSSR count). The predicted molar refractivity (Wildman–Crippen MR) is 87.5 cm³/mol. The van der Waals surface area contributed by atoms with E-state index in [0.717, 1.165) is 21.9 Å². The van der Waals surface area contributed by atoms with E-state index >= 15 is 0 Å². The summed E-state index contributed by atoms with van der Waals surface area (Å²) in [6, 6.07) is 12.3. The van der Waals surface area contributed by atoms with Crippen molar-refractivity contribution in [2.24, 2.45) is 5.73 Å². The maximum Gasteiger partial charge on any atom is 0.165 e. The summed E-state index contributed by atoms with van der Waals surface area (Å²) in [5.41, 5.74) is 7.94. The van der Waals surface area contributed by atoms with Gasteiger partial charge in [-0.05, 0) is 29.3 Å². The Balaban J connectivity index is 1.91. The van der Waals surface area contributed by atoms with Gasteiger partial charge in [-0.2, -0.15) is 11.8 Å². The number of halogens is 2. The first-order valence-electron chi connectivity index (χ1n) is 6.52. The normalized spacial score (nSPS) is 12.2. The average molecular weight is 326 g/mol. The summed E-state index contributed by atoms with van der Waals surface area (Å²) in [5, 5.41) is 0.758. The van der Waals surface area contributed by atoms with E-state index in [1.54, 1.807) is 23.9 Å². The molecule has 2 aromatic carbocycles. The lowest BCUT2D eigenvalue weighted by Gasteiger charge is -2.13. The Labute approximate surface area is 133 Å². The number of ether oxygens (including phenoxy) is 1. The van der Waals surface area contributed by atoms with Crippen molar-refractivity contribution in [2.45, 2.75) is 11.8 Å². The fourth-order valence-electron chi connectivity index (χ4n) is 1.92. The summed E-state index contributed by atoms with van der Waals surface area (Å²) >= 11 is 7.78. The van der Waals surface area contributed by atoms with Gasteiger partial charge in [-0.1, -0.05) is 35.9 Å². The highest BCUT2D eigenvalue weighted by atomic mass is 35.5. The molecule has 0 radical (unpaired) electrons. The molecule has 0 fully saturated rings. The SMILES string of the molecule is COc1ccc(C(N)CSCc2ccccc2Cl)cc1F. The molecule has 2 nitrogen and oxygen atoms in total. The van der Waals surface area contributed by atoms with E-state index in [1.165, 1.54) is 13.2 Å². The molecule has 0 amide bonds. The van der Waals surface area contributed by atoms with Gasteiger partial charge < -0.3 is 10.5 Å². The van der Waals surface area contributed by atoms with Crippen molar-refractivity contribution in [1.29, 1.82) is 0 Å². The van der Waals surface area contributed by atoms with Crippen molar-refractivity contribution < 1.29 is 9.13 Å². The Bertz CT molecular complexity index is 609. The first-order chi connectivity index (χ1) is 10.1. The third-order valence-corrected chi connectivity index (χ3v) is 4.60. The van der Waals surface area contributed by atoms with Crippen LogP contribution in [-0.4, -0.2) is 12.9 Å². The monoisotopic (exact) mass is 325 g/mol. The second-order valence-corrected chi connectivity index (χ2v) is 6.04. The van der Waals surface area contributed by atoms with Crippen LogP contribution in [0.15, 0.2) is 42.5 Å². The van der Waals surface area contributed by atoms with Crippen LogP contribution in [0.2, 0.25) is 5.02 Å². The van der Waals surface area contributed by atoms with E-state index in [-0.39, 0.29) is 17.6 Å². The Morgan fingerprint density at radius 1 is 1.29 bits per heavy atom. The van der Waals surface area contributed by atoms with Crippen molar-refractivity contribution in [1.82, 2.24) is 0 Å². The summed E-state index contributed by atoms with van der Waals surface area (Å²) < 4.78 is 18.5. The molecule has 0 aliphatic heterocycles. The van der Waals surface area contributed by atoms with Crippen molar-refractivity contribution >= 4 is 23.4 Å². The molecule has 21 heavy (non-hydrogen) atoms. The van der Waals surface area contributed by atoms with Crippen LogP contribution >= 0.6 is 23.4 Å². The van der Waals surface area contributed by atoms with E-state index < -0.39 is 0 Å². The third kappa shape index (κ3) is 4.37. The predicted octanol–water partition coefficient (Wildman–Crippen LogP) is 4.42. The zero-order valence-corrected chi connectivity index (χ0v) is 13.3. The molecule has 5 heteroatoms. The lowest BCUT2D eigenvalue weighted by atomic mass is 10.1. The third-order valence-electron chi connectivity index (χ3n) is 3.12. The zero-order chi connectivity index (χ0) is 15.2. The van der Waals surface area contributed by atoms with Crippen LogP contribution in [-0.2, 0) is 5.75 Å². The van der Waals surface area contributed by atoms with Gasteiger partial charge in [0.05, 0.1) is 7.11 Å². The molecule has 0 spiro atoms. The maximum atomic E-state index is 13.6. The standard InChI is InChI=1S/C16H17ClFNOS/c1-20-16-7-6-11(8-14(16)18)15(19)10-21-9-12-4-2-3-5-13(12)17/h2-8,15H,9-10,19H2,1H3. The van der Waals surface area contributed by atoms with Gasteiger partial charge in [-0.15, -0.1) is 0 Å². The minimum Gasteiger partial charge on any atom is -0.494 e. The molecule has 0 bridgehead atoms. The quantitative estimate of drug-likeness (QED) is 0.853. The molecule has 0 saturated carbocycles. The fraction of sp³-hybridized carbons (Fsp3) is 0.250. The molecule has 0 saturated heterocycles. The second-order valence-electron chi connectivity index (χ2n) is 4.61.